The van der Waals surface area contributed by atoms with Gasteiger partial charge in [-0.15, -0.1) is 0 Å². The molecule has 6 nitrogen and oxygen atoms in total. The first-order valence-electron chi connectivity index (χ1n) is 10.3. The Morgan fingerprint density at radius 2 is 1.86 bits per heavy atom. The third kappa shape index (κ3) is 3.11. The van der Waals surface area contributed by atoms with Crippen molar-refractivity contribution < 1.29 is 9.59 Å². The Balaban J connectivity index is 1.35. The van der Waals surface area contributed by atoms with Crippen molar-refractivity contribution >= 4 is 11.8 Å². The van der Waals surface area contributed by atoms with E-state index in [1.807, 2.05) is 23.1 Å². The van der Waals surface area contributed by atoms with Crippen molar-refractivity contribution in [3.05, 3.63) is 53.9 Å². The zero-order chi connectivity index (χ0) is 19.1. The SMILES string of the molecule is O=C(c1ccn[nH]1)N1CCC2(CC1)C[C@H](c1ccccc1)C(=O)N(C1CC1)C2. The Kier molecular flexibility index (Phi) is 4.22. The third-order valence-electron chi connectivity index (χ3n) is 6.76. The molecule has 0 unspecified atom stereocenters. The van der Waals surface area contributed by atoms with E-state index in [9.17, 15) is 9.59 Å². The van der Waals surface area contributed by atoms with Crippen LogP contribution in [-0.4, -0.2) is 57.5 Å². The zero-order valence-electron chi connectivity index (χ0n) is 16.0. The number of likely N-dealkylation sites (tertiary alicyclic amines) is 2. The van der Waals surface area contributed by atoms with Gasteiger partial charge in [-0.05, 0) is 49.1 Å². The highest BCUT2D eigenvalue weighted by molar-refractivity contribution is 5.92. The van der Waals surface area contributed by atoms with Crippen LogP contribution in [0.4, 0.5) is 0 Å². The van der Waals surface area contributed by atoms with Crippen LogP contribution in [-0.2, 0) is 4.79 Å². The summed E-state index contributed by atoms with van der Waals surface area (Å²) >= 11 is 0. The average molecular weight is 378 g/mol. The van der Waals surface area contributed by atoms with Crippen molar-refractivity contribution in [3.8, 4) is 0 Å². The van der Waals surface area contributed by atoms with Crippen LogP contribution in [0.15, 0.2) is 42.6 Å². The molecule has 3 aliphatic rings. The number of hydrogen-bond acceptors (Lipinski definition) is 3. The number of benzene rings is 1. The van der Waals surface area contributed by atoms with Crippen LogP contribution in [0, 0.1) is 5.41 Å². The minimum Gasteiger partial charge on any atom is -0.339 e. The summed E-state index contributed by atoms with van der Waals surface area (Å²) in [6.07, 6.45) is 6.68. The van der Waals surface area contributed by atoms with E-state index in [0.717, 1.165) is 57.3 Å². The lowest BCUT2D eigenvalue weighted by Crippen LogP contribution is -2.55. The van der Waals surface area contributed by atoms with Gasteiger partial charge in [0.2, 0.25) is 5.91 Å². The van der Waals surface area contributed by atoms with Crippen molar-refractivity contribution in [1.82, 2.24) is 20.0 Å². The number of nitrogens with one attached hydrogen (secondary N) is 1. The average Bonchev–Trinajstić information content (AvgIpc) is 3.43. The summed E-state index contributed by atoms with van der Waals surface area (Å²) in [6, 6.07) is 12.4. The summed E-state index contributed by atoms with van der Waals surface area (Å²) in [6.45, 7) is 2.34. The molecule has 2 aliphatic heterocycles. The minimum absolute atomic E-state index is 0.0258. The number of amides is 2. The van der Waals surface area contributed by atoms with Gasteiger partial charge in [0.25, 0.3) is 5.91 Å². The number of H-pyrrole nitrogens is 1. The normalized spacial score (nSPS) is 24.6. The van der Waals surface area contributed by atoms with Crippen LogP contribution in [0.25, 0.3) is 0 Å². The van der Waals surface area contributed by atoms with Gasteiger partial charge in [0, 0.05) is 31.9 Å². The molecule has 3 fully saturated rings. The Bertz CT molecular complexity index is 852. The molecule has 1 aliphatic carbocycles. The van der Waals surface area contributed by atoms with Gasteiger partial charge < -0.3 is 9.80 Å². The van der Waals surface area contributed by atoms with Gasteiger partial charge >= 0.3 is 0 Å². The molecule has 1 atom stereocenters. The monoisotopic (exact) mass is 378 g/mol. The highest BCUT2D eigenvalue weighted by atomic mass is 16.2. The number of rotatable bonds is 3. The largest absolute Gasteiger partial charge is 0.339 e. The van der Waals surface area contributed by atoms with Crippen LogP contribution < -0.4 is 0 Å². The maximum Gasteiger partial charge on any atom is 0.271 e. The molecule has 2 saturated heterocycles. The van der Waals surface area contributed by atoms with Gasteiger partial charge in [0.15, 0.2) is 0 Å². The Hall–Kier alpha value is -2.63. The van der Waals surface area contributed by atoms with E-state index < -0.39 is 0 Å². The minimum atomic E-state index is -0.0505. The Morgan fingerprint density at radius 3 is 2.50 bits per heavy atom. The standard InChI is InChI=1S/C22H26N4O2/c27-20-18(16-4-2-1-3-5-16)14-22(15-26(20)17-6-7-17)9-12-25(13-10-22)21(28)19-8-11-23-24-19/h1-5,8,11,17-18H,6-7,9-10,12-15H2,(H,23,24)/t18-/m1/s1. The quantitative estimate of drug-likeness (QED) is 0.893. The van der Waals surface area contributed by atoms with Gasteiger partial charge in [-0.3, -0.25) is 14.7 Å². The number of aromatic nitrogens is 2. The van der Waals surface area contributed by atoms with Crippen molar-refractivity contribution in [2.24, 2.45) is 5.41 Å². The summed E-state index contributed by atoms with van der Waals surface area (Å²) in [7, 11) is 0. The van der Waals surface area contributed by atoms with Gasteiger partial charge in [-0.2, -0.15) is 5.10 Å². The Labute approximate surface area is 164 Å². The first-order chi connectivity index (χ1) is 13.7. The van der Waals surface area contributed by atoms with E-state index in [0.29, 0.717) is 17.6 Å². The molecule has 6 heteroatoms. The molecule has 1 aromatic carbocycles. The molecular weight excluding hydrogens is 352 g/mol. The molecule has 28 heavy (non-hydrogen) atoms. The predicted octanol–water partition coefficient (Wildman–Crippen LogP) is 2.81. The second-order valence-corrected chi connectivity index (χ2v) is 8.63. The molecule has 1 aromatic heterocycles. The van der Waals surface area contributed by atoms with Gasteiger partial charge in [-0.1, -0.05) is 30.3 Å². The fraction of sp³-hybridized carbons (Fsp3) is 0.500. The maximum atomic E-state index is 13.2. The molecule has 2 aromatic rings. The number of aromatic amines is 1. The second kappa shape index (κ2) is 6.76. The number of nitrogens with zero attached hydrogens (tertiary/aromatic N) is 3. The summed E-state index contributed by atoms with van der Waals surface area (Å²) in [5, 5.41) is 6.67. The van der Waals surface area contributed by atoms with E-state index >= 15 is 0 Å². The summed E-state index contributed by atoms with van der Waals surface area (Å²) in [5.74, 6) is 0.276. The van der Waals surface area contributed by atoms with Gasteiger partial charge in [-0.25, -0.2) is 0 Å². The Morgan fingerprint density at radius 1 is 1.11 bits per heavy atom. The lowest BCUT2D eigenvalue weighted by molar-refractivity contribution is -0.142. The van der Waals surface area contributed by atoms with E-state index in [1.165, 1.54) is 0 Å². The molecule has 146 valence electrons. The zero-order valence-corrected chi connectivity index (χ0v) is 16.0. The molecule has 0 radical (unpaired) electrons. The van der Waals surface area contributed by atoms with Gasteiger partial charge in [0.1, 0.15) is 5.69 Å². The summed E-state index contributed by atoms with van der Waals surface area (Å²) in [4.78, 5) is 29.9. The molecule has 1 saturated carbocycles. The smallest absolute Gasteiger partial charge is 0.271 e. The third-order valence-corrected chi connectivity index (χ3v) is 6.76. The molecule has 1 N–H and O–H groups in total. The van der Waals surface area contributed by atoms with E-state index in [-0.39, 0.29) is 17.2 Å². The molecule has 5 rings (SSSR count). The highest BCUT2D eigenvalue weighted by Crippen LogP contribution is 2.48. The van der Waals surface area contributed by atoms with Crippen LogP contribution in [0.3, 0.4) is 0 Å². The summed E-state index contributed by atoms with van der Waals surface area (Å²) < 4.78 is 0. The van der Waals surface area contributed by atoms with Crippen LogP contribution in [0.5, 0.6) is 0 Å². The van der Waals surface area contributed by atoms with Crippen molar-refractivity contribution in [3.63, 3.8) is 0 Å². The van der Waals surface area contributed by atoms with Crippen LogP contribution >= 0.6 is 0 Å². The van der Waals surface area contributed by atoms with E-state index in [1.54, 1.807) is 12.3 Å². The number of piperidine rings is 2. The first kappa shape index (κ1) is 17.5. The van der Waals surface area contributed by atoms with E-state index in [2.05, 4.69) is 27.2 Å². The first-order valence-corrected chi connectivity index (χ1v) is 10.3. The maximum absolute atomic E-state index is 13.2. The topological polar surface area (TPSA) is 69.3 Å². The fourth-order valence-corrected chi connectivity index (χ4v) is 4.96. The van der Waals surface area contributed by atoms with Crippen molar-refractivity contribution in [2.75, 3.05) is 19.6 Å². The molecule has 3 heterocycles. The lowest BCUT2D eigenvalue weighted by atomic mass is 9.67. The molecular formula is C22H26N4O2. The van der Waals surface area contributed by atoms with Crippen molar-refractivity contribution in [1.29, 1.82) is 0 Å². The molecule has 2 amide bonds. The van der Waals surface area contributed by atoms with E-state index in [4.69, 9.17) is 0 Å². The van der Waals surface area contributed by atoms with Crippen LogP contribution in [0.1, 0.15) is 54.1 Å². The molecule has 1 spiro atoms. The number of carbonyl (C=O) groups is 2. The van der Waals surface area contributed by atoms with Gasteiger partial charge in [0.05, 0.1) is 5.92 Å². The number of carbonyl (C=O) groups excluding carboxylic acids is 2. The lowest BCUT2D eigenvalue weighted by Gasteiger charge is -2.50. The highest BCUT2D eigenvalue weighted by Gasteiger charge is 2.49. The fourth-order valence-electron chi connectivity index (χ4n) is 4.96. The van der Waals surface area contributed by atoms with Crippen LogP contribution in [0.2, 0.25) is 0 Å². The van der Waals surface area contributed by atoms with Crippen molar-refractivity contribution in [2.45, 2.75) is 44.1 Å². The summed E-state index contributed by atoms with van der Waals surface area (Å²) in [5.41, 5.74) is 1.80. The number of hydrogen-bond donors (Lipinski definition) is 1. The predicted molar refractivity (Wildman–Crippen MR) is 105 cm³/mol. The molecule has 0 bridgehead atoms. The second-order valence-electron chi connectivity index (χ2n) is 8.63.